The highest BCUT2D eigenvalue weighted by atomic mass is 19.1. The molecule has 0 fully saturated rings. The average Bonchev–Trinajstić information content (AvgIpc) is 3.77. The molecule has 0 bridgehead atoms. The van der Waals surface area contributed by atoms with Gasteiger partial charge in [-0.15, -0.1) is 0 Å². The van der Waals surface area contributed by atoms with Crippen molar-refractivity contribution in [1.29, 1.82) is 0 Å². The van der Waals surface area contributed by atoms with E-state index in [1.54, 1.807) is 64.7 Å². The van der Waals surface area contributed by atoms with Crippen LogP contribution >= 0.6 is 0 Å². The van der Waals surface area contributed by atoms with E-state index < -0.39 is 5.97 Å². The highest BCUT2D eigenvalue weighted by Crippen LogP contribution is 2.41. The summed E-state index contributed by atoms with van der Waals surface area (Å²) in [6.07, 6.45) is 5.06. The number of nitrogens with zero attached hydrogens (tertiary/aromatic N) is 3. The average molecular weight is 757 g/mol. The number of esters is 2. The zero-order valence-electron chi connectivity index (χ0n) is 32.4. The van der Waals surface area contributed by atoms with Crippen LogP contribution in [0.2, 0.25) is 0 Å². The second-order valence-electron chi connectivity index (χ2n) is 12.8. The lowest BCUT2D eigenvalue weighted by atomic mass is 10.0. The first-order valence-corrected chi connectivity index (χ1v) is 18.6. The summed E-state index contributed by atoms with van der Waals surface area (Å²) < 4.78 is 38.0. The fraction of sp³-hybridized carbons (Fsp3) is 0.244. The van der Waals surface area contributed by atoms with Crippen LogP contribution < -0.4 is 9.47 Å². The fourth-order valence-electron chi connectivity index (χ4n) is 6.85. The number of hydrogen-bond acceptors (Lipinski definition) is 8. The van der Waals surface area contributed by atoms with E-state index in [9.17, 15) is 14.0 Å². The van der Waals surface area contributed by atoms with Crippen LogP contribution in [0.3, 0.4) is 0 Å². The van der Waals surface area contributed by atoms with Crippen LogP contribution in [-0.4, -0.2) is 58.9 Å². The lowest BCUT2D eigenvalue weighted by Crippen LogP contribution is -2.14. The van der Waals surface area contributed by atoms with E-state index >= 15 is 0 Å². The quantitative estimate of drug-likeness (QED) is 0.123. The topological polar surface area (TPSA) is 118 Å². The molecule has 4 aromatic heterocycles. The van der Waals surface area contributed by atoms with Crippen molar-refractivity contribution in [2.75, 3.05) is 27.4 Å². The van der Waals surface area contributed by atoms with Crippen LogP contribution in [0.5, 0.6) is 11.8 Å². The van der Waals surface area contributed by atoms with E-state index in [0.29, 0.717) is 46.4 Å². The normalized spacial score (nSPS) is 10.9. The van der Waals surface area contributed by atoms with Crippen LogP contribution in [0, 0.1) is 5.82 Å². The van der Waals surface area contributed by atoms with Gasteiger partial charge in [-0.2, -0.15) is 0 Å². The van der Waals surface area contributed by atoms with Crippen molar-refractivity contribution in [3.63, 3.8) is 0 Å². The van der Waals surface area contributed by atoms with Gasteiger partial charge in [-0.05, 0) is 92.4 Å². The van der Waals surface area contributed by atoms with Gasteiger partial charge < -0.3 is 28.5 Å². The molecule has 0 amide bonds. The van der Waals surface area contributed by atoms with Crippen molar-refractivity contribution in [3.8, 4) is 34.0 Å². The van der Waals surface area contributed by atoms with Gasteiger partial charge in [0.2, 0.25) is 11.8 Å². The summed E-state index contributed by atoms with van der Waals surface area (Å²) in [5, 5.41) is 1.83. The predicted molar refractivity (Wildman–Crippen MR) is 216 cm³/mol. The molecule has 0 aliphatic heterocycles. The summed E-state index contributed by atoms with van der Waals surface area (Å²) in [6, 6.07) is 26.2. The van der Waals surface area contributed by atoms with Crippen molar-refractivity contribution in [2.24, 2.45) is 0 Å². The number of aryl methyl sites for hydroxylation is 2. The number of pyridine rings is 2. The Morgan fingerprint density at radius 1 is 0.696 bits per heavy atom. The Hall–Kier alpha value is -6.49. The smallest absolute Gasteiger partial charge is 0.355 e. The van der Waals surface area contributed by atoms with Crippen molar-refractivity contribution in [1.82, 2.24) is 19.5 Å². The molecule has 7 aromatic rings. The van der Waals surface area contributed by atoms with Crippen molar-refractivity contribution in [3.05, 3.63) is 131 Å². The molecule has 3 aromatic carbocycles. The van der Waals surface area contributed by atoms with Crippen molar-refractivity contribution in [2.45, 2.75) is 47.1 Å². The van der Waals surface area contributed by atoms with Crippen LogP contribution in [0.25, 0.3) is 44.1 Å². The molecule has 10 nitrogen and oxygen atoms in total. The molecule has 0 atom stereocenters. The number of nitrogens with one attached hydrogen (secondary N) is 1. The number of rotatable bonds is 12. The minimum atomic E-state index is -0.473. The first kappa shape index (κ1) is 39.2. The predicted octanol–water partition coefficient (Wildman–Crippen LogP) is 9.62. The number of aromatic nitrogens is 4. The molecule has 288 valence electrons. The summed E-state index contributed by atoms with van der Waals surface area (Å²) in [4.78, 5) is 37.5. The van der Waals surface area contributed by atoms with E-state index in [-0.39, 0.29) is 24.9 Å². The molecule has 11 heteroatoms. The number of halogens is 1. The van der Waals surface area contributed by atoms with Gasteiger partial charge in [-0.1, -0.05) is 44.2 Å². The van der Waals surface area contributed by atoms with Gasteiger partial charge in [-0.25, -0.2) is 23.9 Å². The van der Waals surface area contributed by atoms with E-state index in [1.807, 2.05) is 41.0 Å². The highest BCUT2D eigenvalue weighted by Gasteiger charge is 2.28. The maximum absolute atomic E-state index is 14.6. The van der Waals surface area contributed by atoms with Crippen LogP contribution in [0.1, 0.15) is 65.4 Å². The molecule has 0 aliphatic rings. The third-order valence-electron chi connectivity index (χ3n) is 9.51. The van der Waals surface area contributed by atoms with Gasteiger partial charge in [0.05, 0.1) is 34.0 Å². The lowest BCUT2D eigenvalue weighted by Gasteiger charge is -2.13. The number of ether oxygens (including phenoxy) is 4. The molecule has 4 heterocycles. The number of H-pyrrole nitrogens is 1. The Bertz CT molecular complexity index is 2500. The third kappa shape index (κ3) is 7.84. The van der Waals surface area contributed by atoms with Crippen molar-refractivity contribution < 1.29 is 32.9 Å². The minimum Gasteiger partial charge on any atom is -0.481 e. The summed E-state index contributed by atoms with van der Waals surface area (Å²) >= 11 is 0. The van der Waals surface area contributed by atoms with E-state index in [1.165, 1.54) is 11.6 Å². The number of benzene rings is 3. The Morgan fingerprint density at radius 3 is 1.89 bits per heavy atom. The molecular weight excluding hydrogens is 712 g/mol. The number of fused-ring (bicyclic) bond motifs is 2. The molecule has 1 N–H and O–H groups in total. The Kier molecular flexibility index (Phi) is 12.4. The molecule has 0 saturated heterocycles. The van der Waals surface area contributed by atoms with E-state index in [4.69, 9.17) is 18.9 Å². The summed E-state index contributed by atoms with van der Waals surface area (Å²) in [5.74, 6) is -0.294. The number of methoxy groups -OCH3 is 2. The zero-order chi connectivity index (χ0) is 39.8. The van der Waals surface area contributed by atoms with Gasteiger partial charge >= 0.3 is 11.9 Å². The Balaban J connectivity index is 0.000000198. The van der Waals surface area contributed by atoms with Crippen LogP contribution in [0.4, 0.5) is 4.39 Å². The molecule has 0 spiro atoms. The largest absolute Gasteiger partial charge is 0.481 e. The van der Waals surface area contributed by atoms with Gasteiger partial charge in [0.15, 0.2) is 0 Å². The standard InChI is InChI=1S/C26H25FN2O3.C19H20N2O3/c1-4-17-12-13-22-20(15-17)23(19-10-8-14-28-25(19)31-3)24(26(30)32-5-2)29(22)16-18-9-6-7-11-21(18)27;1-4-12-8-9-15-14(11-12)16(17(21-15)19(22)24-5-2)13-7-6-10-20-18(13)23-3/h6-15H,4-5,16H2,1-3H3;6-11,21H,4-5H2,1-3H3. The van der Waals surface area contributed by atoms with Crippen LogP contribution in [-0.2, 0) is 28.9 Å². The molecule has 56 heavy (non-hydrogen) atoms. The van der Waals surface area contributed by atoms with Gasteiger partial charge in [0, 0.05) is 62.0 Å². The minimum absolute atomic E-state index is 0.186. The number of carbonyl (C=O) groups excluding carboxylic acids is 2. The first-order valence-electron chi connectivity index (χ1n) is 18.6. The summed E-state index contributed by atoms with van der Waals surface area (Å²) in [6.45, 7) is 8.47. The Morgan fingerprint density at radius 2 is 1.29 bits per heavy atom. The van der Waals surface area contributed by atoms with E-state index in [2.05, 4.69) is 47.0 Å². The first-order chi connectivity index (χ1) is 27.3. The van der Waals surface area contributed by atoms with Gasteiger partial charge in [0.25, 0.3) is 0 Å². The zero-order valence-corrected chi connectivity index (χ0v) is 32.4. The molecule has 0 unspecified atom stereocenters. The molecule has 7 rings (SSSR count). The third-order valence-corrected chi connectivity index (χ3v) is 9.51. The number of carbonyl (C=O) groups is 2. The maximum atomic E-state index is 14.6. The SMILES string of the molecule is CCOC(=O)c1[nH]c2ccc(CC)cc2c1-c1cccnc1OC.CCOC(=O)c1c(-c2cccnc2OC)c2cc(CC)ccc2n1Cc1ccccc1F. The molecule has 0 aliphatic carbocycles. The fourth-order valence-corrected chi connectivity index (χ4v) is 6.85. The second-order valence-corrected chi connectivity index (χ2v) is 12.8. The van der Waals surface area contributed by atoms with E-state index in [0.717, 1.165) is 51.3 Å². The highest BCUT2D eigenvalue weighted by molar-refractivity contribution is 6.10. The lowest BCUT2D eigenvalue weighted by molar-refractivity contribution is 0.0508. The Labute approximate surface area is 325 Å². The van der Waals surface area contributed by atoms with Crippen LogP contribution in [0.15, 0.2) is 97.3 Å². The monoisotopic (exact) mass is 756 g/mol. The summed E-state index contributed by atoms with van der Waals surface area (Å²) in [5.41, 5.74) is 8.17. The van der Waals surface area contributed by atoms with Gasteiger partial charge in [-0.3, -0.25) is 0 Å². The molecular formula is C45H45FN4O6. The maximum Gasteiger partial charge on any atom is 0.355 e. The van der Waals surface area contributed by atoms with Gasteiger partial charge in [0.1, 0.15) is 17.2 Å². The number of hydrogen-bond donors (Lipinski definition) is 1. The summed E-state index contributed by atoms with van der Waals surface area (Å²) in [7, 11) is 3.12. The van der Waals surface area contributed by atoms with Crippen molar-refractivity contribution >= 4 is 33.7 Å². The second kappa shape index (κ2) is 17.8. The molecule has 0 saturated carbocycles. The molecule has 0 radical (unpaired) electrons. The number of aromatic amines is 1.